The van der Waals surface area contributed by atoms with Crippen molar-refractivity contribution in [2.45, 2.75) is 31.5 Å². The summed E-state index contributed by atoms with van der Waals surface area (Å²) in [6, 6.07) is 0. The Kier molecular flexibility index (Phi) is 3.36. The maximum absolute atomic E-state index is 12.5. The Morgan fingerprint density at radius 2 is 1.50 bits per heavy atom. The maximum atomic E-state index is 12.5. The van der Waals surface area contributed by atoms with E-state index in [1.54, 1.807) is 4.31 Å². The standard InChI is InChI=1S/C11H20N2O4S/c14-18(15,12-5-1-2-6-12)13-7-3-4-11(10-13)16-8-9-17-11/h1-10H2. The number of ether oxygens (including phenoxy) is 2. The second-order valence-electron chi connectivity index (χ2n) is 5.16. The number of rotatable bonds is 2. The minimum Gasteiger partial charge on any atom is -0.346 e. The third-order valence-electron chi connectivity index (χ3n) is 3.91. The number of hydrogen-bond donors (Lipinski definition) is 0. The molecule has 0 amide bonds. The van der Waals surface area contributed by atoms with Crippen molar-refractivity contribution in [3.8, 4) is 0 Å². The molecule has 3 heterocycles. The zero-order valence-electron chi connectivity index (χ0n) is 10.5. The van der Waals surface area contributed by atoms with Crippen molar-refractivity contribution in [3.05, 3.63) is 0 Å². The molecule has 3 aliphatic rings. The average Bonchev–Trinajstić information content (AvgIpc) is 3.01. The van der Waals surface area contributed by atoms with Crippen molar-refractivity contribution in [1.82, 2.24) is 8.61 Å². The molecule has 0 atom stereocenters. The van der Waals surface area contributed by atoms with Gasteiger partial charge in [-0.25, -0.2) is 0 Å². The molecule has 18 heavy (non-hydrogen) atoms. The molecule has 104 valence electrons. The van der Waals surface area contributed by atoms with Gasteiger partial charge in [0.2, 0.25) is 0 Å². The average molecular weight is 276 g/mol. The summed E-state index contributed by atoms with van der Waals surface area (Å²) >= 11 is 0. The van der Waals surface area contributed by atoms with Crippen LogP contribution in [0.4, 0.5) is 0 Å². The molecule has 0 radical (unpaired) electrons. The third kappa shape index (κ3) is 2.18. The van der Waals surface area contributed by atoms with Crippen LogP contribution in [0, 0.1) is 0 Å². The summed E-state index contributed by atoms with van der Waals surface area (Å²) in [5, 5.41) is 0. The number of piperidine rings is 1. The Labute approximate surface area is 108 Å². The van der Waals surface area contributed by atoms with Gasteiger partial charge in [-0.05, 0) is 19.3 Å². The summed E-state index contributed by atoms with van der Waals surface area (Å²) in [4.78, 5) is 0. The van der Waals surface area contributed by atoms with Gasteiger partial charge in [-0.3, -0.25) is 0 Å². The molecule has 3 fully saturated rings. The van der Waals surface area contributed by atoms with Crippen molar-refractivity contribution < 1.29 is 17.9 Å². The Bertz CT molecular complexity index is 399. The van der Waals surface area contributed by atoms with Gasteiger partial charge in [0.15, 0.2) is 5.79 Å². The molecule has 3 aliphatic heterocycles. The first kappa shape index (κ1) is 12.8. The van der Waals surface area contributed by atoms with Crippen molar-refractivity contribution in [2.75, 3.05) is 39.4 Å². The predicted molar refractivity (Wildman–Crippen MR) is 65.2 cm³/mol. The highest BCUT2D eigenvalue weighted by molar-refractivity contribution is 7.86. The fraction of sp³-hybridized carbons (Fsp3) is 1.00. The van der Waals surface area contributed by atoms with Crippen LogP contribution in [0.1, 0.15) is 25.7 Å². The van der Waals surface area contributed by atoms with E-state index in [0.29, 0.717) is 39.4 Å². The highest BCUT2D eigenvalue weighted by atomic mass is 32.2. The van der Waals surface area contributed by atoms with E-state index in [1.807, 2.05) is 0 Å². The number of nitrogens with zero attached hydrogens (tertiary/aromatic N) is 2. The zero-order chi connectivity index (χ0) is 12.6. The third-order valence-corrected chi connectivity index (χ3v) is 5.90. The minimum atomic E-state index is -3.32. The van der Waals surface area contributed by atoms with E-state index in [2.05, 4.69) is 0 Å². The lowest BCUT2D eigenvalue weighted by molar-refractivity contribution is -0.179. The van der Waals surface area contributed by atoms with Crippen LogP contribution >= 0.6 is 0 Å². The van der Waals surface area contributed by atoms with Crippen LogP contribution in [0.2, 0.25) is 0 Å². The van der Waals surface area contributed by atoms with Crippen LogP contribution in [0.15, 0.2) is 0 Å². The zero-order valence-corrected chi connectivity index (χ0v) is 11.3. The maximum Gasteiger partial charge on any atom is 0.282 e. The summed E-state index contributed by atoms with van der Waals surface area (Å²) < 4.78 is 39.3. The van der Waals surface area contributed by atoms with Gasteiger partial charge in [-0.2, -0.15) is 17.0 Å². The normalized spacial score (nSPS) is 30.2. The van der Waals surface area contributed by atoms with Crippen molar-refractivity contribution in [3.63, 3.8) is 0 Å². The molecule has 3 saturated heterocycles. The molecular formula is C11H20N2O4S. The Balaban J connectivity index is 1.75. The minimum absolute atomic E-state index is 0.339. The van der Waals surface area contributed by atoms with Crippen LogP contribution in [0.5, 0.6) is 0 Å². The molecule has 3 rings (SSSR count). The predicted octanol–water partition coefficient (Wildman–Crippen LogP) is 0.166. The smallest absolute Gasteiger partial charge is 0.282 e. The first-order valence-electron chi connectivity index (χ1n) is 6.66. The largest absolute Gasteiger partial charge is 0.346 e. The molecule has 1 spiro atoms. The second kappa shape index (κ2) is 4.72. The van der Waals surface area contributed by atoms with Crippen LogP contribution in [0.3, 0.4) is 0 Å². The van der Waals surface area contributed by atoms with E-state index in [0.717, 1.165) is 25.7 Å². The fourth-order valence-corrected chi connectivity index (χ4v) is 4.73. The summed E-state index contributed by atoms with van der Waals surface area (Å²) in [7, 11) is -3.32. The molecule has 0 aliphatic carbocycles. The first-order valence-corrected chi connectivity index (χ1v) is 8.05. The lowest BCUT2D eigenvalue weighted by Gasteiger charge is -2.39. The van der Waals surface area contributed by atoms with Gasteiger partial charge in [-0.1, -0.05) is 0 Å². The molecule has 0 aromatic rings. The summed E-state index contributed by atoms with van der Waals surface area (Å²) in [6.45, 7) is 3.34. The lowest BCUT2D eigenvalue weighted by Crippen LogP contribution is -2.54. The van der Waals surface area contributed by atoms with Gasteiger partial charge < -0.3 is 9.47 Å². The van der Waals surface area contributed by atoms with Crippen molar-refractivity contribution in [1.29, 1.82) is 0 Å². The molecule has 6 nitrogen and oxygen atoms in total. The molecule has 0 saturated carbocycles. The molecule has 0 aromatic carbocycles. The molecule has 0 bridgehead atoms. The molecule has 0 aromatic heterocycles. The van der Waals surface area contributed by atoms with Gasteiger partial charge in [0, 0.05) is 26.1 Å². The van der Waals surface area contributed by atoms with E-state index in [4.69, 9.17) is 9.47 Å². The summed E-state index contributed by atoms with van der Waals surface area (Å²) in [5.41, 5.74) is 0. The van der Waals surface area contributed by atoms with Gasteiger partial charge in [-0.15, -0.1) is 0 Å². The van der Waals surface area contributed by atoms with Crippen LogP contribution < -0.4 is 0 Å². The second-order valence-corrected chi connectivity index (χ2v) is 7.09. The lowest BCUT2D eigenvalue weighted by atomic mass is 10.1. The molecule has 7 heteroatoms. The van der Waals surface area contributed by atoms with Gasteiger partial charge in [0.25, 0.3) is 10.2 Å². The fourth-order valence-electron chi connectivity index (χ4n) is 2.96. The van der Waals surface area contributed by atoms with Gasteiger partial charge in [0.05, 0.1) is 19.8 Å². The summed E-state index contributed by atoms with van der Waals surface area (Å²) in [6.07, 6.45) is 3.52. The van der Waals surface area contributed by atoms with Gasteiger partial charge in [0.1, 0.15) is 0 Å². The van der Waals surface area contributed by atoms with E-state index >= 15 is 0 Å². The van der Waals surface area contributed by atoms with Crippen LogP contribution in [-0.4, -0.2) is 62.2 Å². The monoisotopic (exact) mass is 276 g/mol. The van der Waals surface area contributed by atoms with E-state index in [1.165, 1.54) is 4.31 Å². The molecule has 0 N–H and O–H groups in total. The highest BCUT2D eigenvalue weighted by Gasteiger charge is 2.45. The Hall–Kier alpha value is -0.210. The number of hydrogen-bond acceptors (Lipinski definition) is 4. The van der Waals surface area contributed by atoms with Gasteiger partial charge >= 0.3 is 0 Å². The first-order chi connectivity index (χ1) is 8.62. The molecular weight excluding hydrogens is 256 g/mol. The van der Waals surface area contributed by atoms with E-state index in [9.17, 15) is 8.42 Å². The van der Waals surface area contributed by atoms with E-state index < -0.39 is 16.0 Å². The summed E-state index contributed by atoms with van der Waals surface area (Å²) in [5.74, 6) is -0.676. The Morgan fingerprint density at radius 1 is 0.889 bits per heavy atom. The molecule has 0 unspecified atom stereocenters. The van der Waals surface area contributed by atoms with Crippen molar-refractivity contribution in [2.24, 2.45) is 0 Å². The van der Waals surface area contributed by atoms with Crippen LogP contribution in [-0.2, 0) is 19.7 Å². The van der Waals surface area contributed by atoms with Crippen molar-refractivity contribution >= 4 is 10.2 Å². The SMILES string of the molecule is O=S(=O)(N1CCCC1)N1CCCC2(C1)OCCO2. The quantitative estimate of drug-likeness (QED) is 0.721. The highest BCUT2D eigenvalue weighted by Crippen LogP contribution is 2.32. The van der Waals surface area contributed by atoms with Crippen LogP contribution in [0.25, 0.3) is 0 Å². The topological polar surface area (TPSA) is 59.1 Å². The van der Waals surface area contributed by atoms with E-state index in [-0.39, 0.29) is 0 Å². The Morgan fingerprint density at radius 3 is 2.17 bits per heavy atom.